The molecular formula is C65H113N2O6P. The standard InChI is InChI=1S/C65H113N2O6P/c1-6-8-10-12-14-16-18-20-21-22-23-24-25-26-27-28-29-30-31-32-33-34-35-36-37-38-39-40-41-42-43-44-45-47-49-51-53-55-57-59-65(69)66-63(62-73-74(70,71)72-61-60-67(3,4)5)64(68)58-56-54-52-50-48-46-19-17-15-13-11-9-7-2/h8,10,14,16,20-21,23-24,26-27,29-30,32-33,35-36,48,50,56,58,63-64,68H,6-7,9,11-13,15,17-19,22,25,28,31,34,37-47,49,51-55,57,59-62H2,1-5H3,(H-,66,69,70,71)/b10-8-,16-14-,21-20-,24-23-,27-26-,30-29-,33-32-,36-35-,50-48+,58-56+. The number of carbonyl (C=O) groups excluding carboxylic acids is 1. The highest BCUT2D eigenvalue weighted by Gasteiger charge is 2.23. The highest BCUT2D eigenvalue weighted by atomic mass is 31.2. The van der Waals surface area contributed by atoms with Gasteiger partial charge in [-0.05, 0) is 96.3 Å². The van der Waals surface area contributed by atoms with E-state index in [1.807, 2.05) is 27.2 Å². The van der Waals surface area contributed by atoms with Crippen LogP contribution in [0.15, 0.2) is 122 Å². The summed E-state index contributed by atoms with van der Waals surface area (Å²) in [5.74, 6) is -0.213. The number of quaternary nitrogens is 1. The van der Waals surface area contributed by atoms with Gasteiger partial charge in [-0.3, -0.25) is 9.36 Å². The minimum Gasteiger partial charge on any atom is -0.756 e. The molecule has 424 valence electrons. The maximum absolute atomic E-state index is 12.9. The molecule has 0 aliphatic heterocycles. The first-order valence-electron chi connectivity index (χ1n) is 29.9. The molecule has 0 fully saturated rings. The molecule has 0 bridgehead atoms. The molecule has 0 aliphatic carbocycles. The molecule has 0 aromatic carbocycles. The first-order valence-corrected chi connectivity index (χ1v) is 31.4. The predicted molar refractivity (Wildman–Crippen MR) is 320 cm³/mol. The van der Waals surface area contributed by atoms with Crippen LogP contribution >= 0.6 is 7.82 Å². The summed E-state index contributed by atoms with van der Waals surface area (Å²) in [5, 5.41) is 13.8. The maximum Gasteiger partial charge on any atom is 0.268 e. The van der Waals surface area contributed by atoms with Crippen molar-refractivity contribution in [3.8, 4) is 0 Å². The molecule has 9 heteroatoms. The van der Waals surface area contributed by atoms with Crippen LogP contribution in [0.1, 0.15) is 232 Å². The fourth-order valence-corrected chi connectivity index (χ4v) is 8.73. The van der Waals surface area contributed by atoms with Gasteiger partial charge in [0.05, 0.1) is 39.9 Å². The number of phosphoric ester groups is 1. The van der Waals surface area contributed by atoms with Gasteiger partial charge in [-0.2, -0.15) is 0 Å². The molecule has 3 atom stereocenters. The van der Waals surface area contributed by atoms with Gasteiger partial charge in [0.1, 0.15) is 13.2 Å². The van der Waals surface area contributed by atoms with Crippen molar-refractivity contribution >= 4 is 13.7 Å². The molecule has 74 heavy (non-hydrogen) atoms. The first kappa shape index (κ1) is 70.9. The van der Waals surface area contributed by atoms with E-state index in [0.717, 1.165) is 89.9 Å². The zero-order valence-corrected chi connectivity index (χ0v) is 49.1. The van der Waals surface area contributed by atoms with E-state index in [9.17, 15) is 19.4 Å². The molecular weight excluding hydrogens is 936 g/mol. The maximum atomic E-state index is 12.9. The number of amides is 1. The minimum absolute atomic E-state index is 0.0109. The lowest BCUT2D eigenvalue weighted by Crippen LogP contribution is -2.45. The van der Waals surface area contributed by atoms with Crippen molar-refractivity contribution in [2.24, 2.45) is 0 Å². The van der Waals surface area contributed by atoms with Crippen LogP contribution in [0.3, 0.4) is 0 Å². The van der Waals surface area contributed by atoms with Gasteiger partial charge in [0, 0.05) is 6.42 Å². The largest absolute Gasteiger partial charge is 0.756 e. The van der Waals surface area contributed by atoms with Crippen molar-refractivity contribution in [1.29, 1.82) is 0 Å². The first-order chi connectivity index (χ1) is 36.0. The number of hydrogen-bond acceptors (Lipinski definition) is 6. The number of hydrogen-bond donors (Lipinski definition) is 2. The SMILES string of the molecule is CC/C=C\C/C=C\C/C=C\C/C=C\C/C=C\C/C=C\C/C=C\C/C=C\CCCCCCCCCCCCCCCCC(=O)NC(COP(=O)([O-])OCC[N+](C)(C)C)C(O)/C=C/CC/C=C/CCCCCCCCC. The number of likely N-dealkylation sites (N-methyl/N-ethyl adjacent to an activating group) is 1. The Balaban J connectivity index is 4.05. The van der Waals surface area contributed by atoms with Crippen molar-refractivity contribution in [3.63, 3.8) is 0 Å². The smallest absolute Gasteiger partial charge is 0.268 e. The van der Waals surface area contributed by atoms with Crippen molar-refractivity contribution in [2.45, 2.75) is 244 Å². The number of carbonyl (C=O) groups is 1. The number of unbranched alkanes of at least 4 members (excludes halogenated alkanes) is 22. The molecule has 0 aliphatic rings. The van der Waals surface area contributed by atoms with Crippen LogP contribution in [0, 0.1) is 0 Å². The van der Waals surface area contributed by atoms with Crippen LogP contribution in [-0.2, 0) is 18.4 Å². The second kappa shape index (κ2) is 54.7. The Morgan fingerprint density at radius 3 is 1.26 bits per heavy atom. The lowest BCUT2D eigenvalue weighted by molar-refractivity contribution is -0.870. The van der Waals surface area contributed by atoms with E-state index in [-0.39, 0.29) is 12.5 Å². The molecule has 0 rings (SSSR count). The normalized spacial score (nSPS) is 14.7. The topological polar surface area (TPSA) is 108 Å². The number of aliphatic hydroxyl groups excluding tert-OH is 1. The second-order valence-corrected chi connectivity index (χ2v) is 22.4. The molecule has 8 nitrogen and oxygen atoms in total. The molecule has 0 aromatic rings. The van der Waals surface area contributed by atoms with Crippen LogP contribution in [-0.4, -0.2) is 68.5 Å². The summed E-state index contributed by atoms with van der Waals surface area (Å²) >= 11 is 0. The van der Waals surface area contributed by atoms with E-state index in [1.54, 1.807) is 6.08 Å². The van der Waals surface area contributed by atoms with Crippen molar-refractivity contribution in [2.75, 3.05) is 40.9 Å². The van der Waals surface area contributed by atoms with Crippen LogP contribution in [0.25, 0.3) is 0 Å². The van der Waals surface area contributed by atoms with E-state index in [1.165, 1.54) is 122 Å². The van der Waals surface area contributed by atoms with Crippen molar-refractivity contribution in [1.82, 2.24) is 5.32 Å². The zero-order valence-electron chi connectivity index (χ0n) is 48.2. The molecule has 0 heterocycles. The van der Waals surface area contributed by atoms with Gasteiger partial charge in [-0.15, -0.1) is 0 Å². The Morgan fingerprint density at radius 1 is 0.486 bits per heavy atom. The fourth-order valence-electron chi connectivity index (χ4n) is 8.01. The van der Waals surface area contributed by atoms with E-state index >= 15 is 0 Å². The van der Waals surface area contributed by atoms with Crippen molar-refractivity contribution in [3.05, 3.63) is 122 Å². The second-order valence-electron chi connectivity index (χ2n) is 21.0. The molecule has 1 amide bonds. The number of aliphatic hydroxyl groups is 1. The third kappa shape index (κ3) is 56.6. The Hall–Kier alpha value is -3.10. The Bertz CT molecular complexity index is 1620. The lowest BCUT2D eigenvalue weighted by Gasteiger charge is -2.29. The van der Waals surface area contributed by atoms with Gasteiger partial charge >= 0.3 is 0 Å². The quantitative estimate of drug-likeness (QED) is 0.0272. The number of nitrogens with zero attached hydrogens (tertiary/aromatic N) is 1. The third-order valence-electron chi connectivity index (χ3n) is 12.7. The van der Waals surface area contributed by atoms with E-state index in [0.29, 0.717) is 17.4 Å². The fraction of sp³-hybridized carbons (Fsp3) is 0.677. The number of rotatable bonds is 53. The van der Waals surface area contributed by atoms with Gasteiger partial charge in [0.15, 0.2) is 0 Å². The summed E-state index contributed by atoms with van der Waals surface area (Å²) in [6, 6.07) is -0.909. The van der Waals surface area contributed by atoms with Crippen LogP contribution < -0.4 is 10.2 Å². The number of nitrogens with one attached hydrogen (secondary N) is 1. The summed E-state index contributed by atoms with van der Waals surface area (Å²) in [6.07, 6.45) is 81.5. The lowest BCUT2D eigenvalue weighted by atomic mass is 10.0. The average molecular weight is 1050 g/mol. The highest BCUT2D eigenvalue weighted by Crippen LogP contribution is 2.38. The van der Waals surface area contributed by atoms with Gasteiger partial charge in [-0.25, -0.2) is 0 Å². The number of phosphoric acid groups is 1. The monoisotopic (exact) mass is 1050 g/mol. The predicted octanol–water partition coefficient (Wildman–Crippen LogP) is 17.9. The van der Waals surface area contributed by atoms with Gasteiger partial charge in [0.2, 0.25) is 5.91 Å². The Labute approximate surface area is 456 Å². The number of allylic oxidation sites excluding steroid dienone is 19. The minimum atomic E-state index is -4.61. The highest BCUT2D eigenvalue weighted by molar-refractivity contribution is 7.45. The van der Waals surface area contributed by atoms with E-state index in [2.05, 4.69) is 129 Å². The molecule has 0 aromatic heterocycles. The summed E-state index contributed by atoms with van der Waals surface area (Å²) in [7, 11) is 1.23. The van der Waals surface area contributed by atoms with Crippen molar-refractivity contribution < 1.29 is 32.9 Å². The van der Waals surface area contributed by atoms with Crippen LogP contribution in [0.4, 0.5) is 0 Å². The van der Waals surface area contributed by atoms with Gasteiger partial charge < -0.3 is 28.8 Å². The molecule has 3 unspecified atom stereocenters. The summed E-state index contributed by atoms with van der Waals surface area (Å²) in [6.45, 7) is 4.49. The molecule has 0 saturated carbocycles. The Morgan fingerprint density at radius 2 is 0.838 bits per heavy atom. The Kier molecular flexibility index (Phi) is 52.4. The van der Waals surface area contributed by atoms with E-state index in [4.69, 9.17) is 9.05 Å². The molecule has 2 N–H and O–H groups in total. The molecule has 0 spiro atoms. The summed E-state index contributed by atoms with van der Waals surface area (Å²) < 4.78 is 23.3. The average Bonchev–Trinajstić information content (AvgIpc) is 3.36. The van der Waals surface area contributed by atoms with Crippen LogP contribution in [0.2, 0.25) is 0 Å². The summed E-state index contributed by atoms with van der Waals surface area (Å²) in [5.41, 5.74) is 0. The van der Waals surface area contributed by atoms with Gasteiger partial charge in [0.25, 0.3) is 7.82 Å². The zero-order chi connectivity index (χ0) is 54.2. The van der Waals surface area contributed by atoms with Gasteiger partial charge in [-0.1, -0.05) is 251 Å². The summed E-state index contributed by atoms with van der Waals surface area (Å²) in [4.78, 5) is 25.4. The van der Waals surface area contributed by atoms with Crippen LogP contribution in [0.5, 0.6) is 0 Å². The molecule has 0 radical (unpaired) electrons. The molecule has 0 saturated heterocycles. The van der Waals surface area contributed by atoms with E-state index < -0.39 is 26.6 Å². The third-order valence-corrected chi connectivity index (χ3v) is 13.6.